The molecular formula is C15H13Cl2NO2. The SMILES string of the molecule is O=C(NCCOc1ccccc1)c1cc(Cl)ccc1Cl. The maximum Gasteiger partial charge on any atom is 0.252 e. The Bertz CT molecular complexity index is 588. The highest BCUT2D eigenvalue weighted by atomic mass is 35.5. The van der Waals surface area contributed by atoms with Crippen molar-refractivity contribution < 1.29 is 9.53 Å². The fourth-order valence-corrected chi connectivity index (χ4v) is 1.99. The molecular weight excluding hydrogens is 297 g/mol. The molecule has 0 aliphatic carbocycles. The molecule has 0 bridgehead atoms. The minimum atomic E-state index is -0.269. The first-order valence-corrected chi connectivity index (χ1v) is 6.83. The van der Waals surface area contributed by atoms with Gasteiger partial charge in [-0.3, -0.25) is 4.79 Å². The Morgan fingerprint density at radius 1 is 1.10 bits per heavy atom. The number of para-hydroxylation sites is 1. The Morgan fingerprint density at radius 3 is 2.60 bits per heavy atom. The third kappa shape index (κ3) is 4.15. The van der Waals surface area contributed by atoms with Gasteiger partial charge in [-0.2, -0.15) is 0 Å². The van der Waals surface area contributed by atoms with E-state index in [-0.39, 0.29) is 5.91 Å². The largest absolute Gasteiger partial charge is 0.492 e. The molecule has 2 aromatic rings. The quantitative estimate of drug-likeness (QED) is 0.853. The number of halogens is 2. The van der Waals surface area contributed by atoms with E-state index in [9.17, 15) is 4.79 Å². The molecule has 0 unspecified atom stereocenters. The normalized spacial score (nSPS) is 10.1. The number of benzene rings is 2. The van der Waals surface area contributed by atoms with Crippen LogP contribution in [0.2, 0.25) is 10.0 Å². The predicted octanol–water partition coefficient (Wildman–Crippen LogP) is 3.80. The first kappa shape index (κ1) is 14.7. The van der Waals surface area contributed by atoms with Gasteiger partial charge < -0.3 is 10.1 Å². The zero-order chi connectivity index (χ0) is 14.4. The van der Waals surface area contributed by atoms with Gasteiger partial charge in [0.2, 0.25) is 0 Å². The number of carbonyl (C=O) groups excluding carboxylic acids is 1. The number of hydrogen-bond donors (Lipinski definition) is 1. The molecule has 0 aliphatic heterocycles. The van der Waals surface area contributed by atoms with Gasteiger partial charge in [-0.05, 0) is 30.3 Å². The minimum Gasteiger partial charge on any atom is -0.492 e. The van der Waals surface area contributed by atoms with E-state index in [0.717, 1.165) is 5.75 Å². The van der Waals surface area contributed by atoms with Crippen molar-refractivity contribution in [1.29, 1.82) is 0 Å². The van der Waals surface area contributed by atoms with Crippen molar-refractivity contribution in [3.05, 3.63) is 64.1 Å². The summed E-state index contributed by atoms with van der Waals surface area (Å²) in [5, 5.41) is 3.57. The second-order valence-electron chi connectivity index (χ2n) is 4.04. The smallest absolute Gasteiger partial charge is 0.252 e. The van der Waals surface area contributed by atoms with Gasteiger partial charge >= 0.3 is 0 Å². The molecule has 0 aromatic heterocycles. The molecule has 5 heteroatoms. The summed E-state index contributed by atoms with van der Waals surface area (Å²) in [5.41, 5.74) is 0.360. The molecule has 2 aromatic carbocycles. The van der Waals surface area contributed by atoms with Crippen molar-refractivity contribution >= 4 is 29.1 Å². The average molecular weight is 310 g/mol. The molecule has 3 nitrogen and oxygen atoms in total. The lowest BCUT2D eigenvalue weighted by Crippen LogP contribution is -2.28. The van der Waals surface area contributed by atoms with E-state index in [4.69, 9.17) is 27.9 Å². The molecule has 0 saturated heterocycles. The molecule has 0 aliphatic rings. The van der Waals surface area contributed by atoms with Gasteiger partial charge in [0.15, 0.2) is 0 Å². The molecule has 1 N–H and O–H groups in total. The maximum absolute atomic E-state index is 11.9. The predicted molar refractivity (Wildman–Crippen MR) is 80.7 cm³/mol. The van der Waals surface area contributed by atoms with Crippen LogP contribution in [-0.4, -0.2) is 19.1 Å². The Labute approximate surface area is 127 Å². The lowest BCUT2D eigenvalue weighted by molar-refractivity contribution is 0.0947. The van der Waals surface area contributed by atoms with E-state index < -0.39 is 0 Å². The summed E-state index contributed by atoms with van der Waals surface area (Å²) in [7, 11) is 0. The van der Waals surface area contributed by atoms with Crippen molar-refractivity contribution in [2.24, 2.45) is 0 Å². The fraction of sp³-hybridized carbons (Fsp3) is 0.133. The molecule has 0 radical (unpaired) electrons. The van der Waals surface area contributed by atoms with Crippen LogP contribution in [0.15, 0.2) is 48.5 Å². The van der Waals surface area contributed by atoms with Crippen molar-refractivity contribution in [2.45, 2.75) is 0 Å². The van der Waals surface area contributed by atoms with E-state index in [1.165, 1.54) is 6.07 Å². The Kier molecular flexibility index (Phi) is 5.27. The maximum atomic E-state index is 11.9. The van der Waals surface area contributed by atoms with Crippen LogP contribution in [0.1, 0.15) is 10.4 Å². The first-order chi connectivity index (χ1) is 9.66. The molecule has 0 saturated carbocycles. The van der Waals surface area contributed by atoms with Crippen molar-refractivity contribution in [1.82, 2.24) is 5.32 Å². The lowest BCUT2D eigenvalue weighted by Gasteiger charge is -2.08. The highest BCUT2D eigenvalue weighted by molar-refractivity contribution is 6.35. The summed E-state index contributed by atoms with van der Waals surface area (Å²) in [5.74, 6) is 0.497. The third-order valence-corrected chi connectivity index (χ3v) is 3.14. The van der Waals surface area contributed by atoms with E-state index in [1.54, 1.807) is 12.1 Å². The molecule has 0 spiro atoms. The molecule has 104 valence electrons. The molecule has 0 fully saturated rings. The summed E-state index contributed by atoms with van der Waals surface area (Å²) >= 11 is 11.8. The Balaban J connectivity index is 1.82. The monoisotopic (exact) mass is 309 g/mol. The molecule has 1 amide bonds. The number of amides is 1. The van der Waals surface area contributed by atoms with Crippen molar-refractivity contribution in [2.75, 3.05) is 13.2 Å². The van der Waals surface area contributed by atoms with Crippen LogP contribution in [0.25, 0.3) is 0 Å². The standard InChI is InChI=1S/C15H13Cl2NO2/c16-11-6-7-14(17)13(10-11)15(19)18-8-9-20-12-4-2-1-3-5-12/h1-7,10H,8-9H2,(H,18,19). The highest BCUT2D eigenvalue weighted by Gasteiger charge is 2.10. The Hall–Kier alpha value is -1.71. The first-order valence-electron chi connectivity index (χ1n) is 6.08. The second-order valence-corrected chi connectivity index (χ2v) is 4.89. The summed E-state index contributed by atoms with van der Waals surface area (Å²) in [4.78, 5) is 11.9. The summed E-state index contributed by atoms with van der Waals surface area (Å²) in [6.07, 6.45) is 0. The fourth-order valence-electron chi connectivity index (χ4n) is 1.62. The van der Waals surface area contributed by atoms with Crippen molar-refractivity contribution in [3.8, 4) is 5.75 Å². The number of nitrogens with one attached hydrogen (secondary N) is 1. The third-order valence-electron chi connectivity index (χ3n) is 2.57. The summed E-state index contributed by atoms with van der Waals surface area (Å²) in [6, 6.07) is 14.2. The molecule has 20 heavy (non-hydrogen) atoms. The summed E-state index contributed by atoms with van der Waals surface area (Å²) < 4.78 is 5.47. The minimum absolute atomic E-state index is 0.269. The highest BCUT2D eigenvalue weighted by Crippen LogP contribution is 2.20. The van der Waals surface area contributed by atoms with Gasteiger partial charge in [0.1, 0.15) is 12.4 Å². The average Bonchev–Trinajstić information content (AvgIpc) is 2.47. The van der Waals surface area contributed by atoms with Gasteiger partial charge in [0.25, 0.3) is 5.91 Å². The van der Waals surface area contributed by atoms with Gasteiger partial charge in [0, 0.05) is 5.02 Å². The number of carbonyl (C=O) groups is 1. The van der Waals surface area contributed by atoms with E-state index in [1.807, 2.05) is 30.3 Å². The number of rotatable bonds is 5. The zero-order valence-electron chi connectivity index (χ0n) is 10.6. The molecule has 0 atom stereocenters. The molecule has 2 rings (SSSR count). The number of hydrogen-bond acceptors (Lipinski definition) is 2. The van der Waals surface area contributed by atoms with Crippen LogP contribution >= 0.6 is 23.2 Å². The van der Waals surface area contributed by atoms with Gasteiger partial charge in [-0.1, -0.05) is 41.4 Å². The van der Waals surface area contributed by atoms with Crippen LogP contribution in [-0.2, 0) is 0 Å². The second kappa shape index (κ2) is 7.17. The lowest BCUT2D eigenvalue weighted by atomic mass is 10.2. The molecule has 0 heterocycles. The van der Waals surface area contributed by atoms with Crippen LogP contribution in [0.5, 0.6) is 5.75 Å². The van der Waals surface area contributed by atoms with Crippen LogP contribution in [0.3, 0.4) is 0 Å². The van der Waals surface area contributed by atoms with E-state index in [0.29, 0.717) is 28.8 Å². The van der Waals surface area contributed by atoms with Gasteiger partial charge in [0.05, 0.1) is 17.1 Å². The number of ether oxygens (including phenoxy) is 1. The van der Waals surface area contributed by atoms with Gasteiger partial charge in [-0.15, -0.1) is 0 Å². The van der Waals surface area contributed by atoms with E-state index >= 15 is 0 Å². The Morgan fingerprint density at radius 2 is 1.85 bits per heavy atom. The van der Waals surface area contributed by atoms with E-state index in [2.05, 4.69) is 5.32 Å². The topological polar surface area (TPSA) is 38.3 Å². The van der Waals surface area contributed by atoms with Crippen LogP contribution in [0, 0.1) is 0 Å². The van der Waals surface area contributed by atoms with Gasteiger partial charge in [-0.25, -0.2) is 0 Å². The summed E-state index contributed by atoms with van der Waals surface area (Å²) in [6.45, 7) is 0.768. The van der Waals surface area contributed by atoms with Crippen molar-refractivity contribution in [3.63, 3.8) is 0 Å². The van der Waals surface area contributed by atoms with Crippen LogP contribution in [0.4, 0.5) is 0 Å². The van der Waals surface area contributed by atoms with Crippen LogP contribution < -0.4 is 10.1 Å². The zero-order valence-corrected chi connectivity index (χ0v) is 12.1.